The second-order valence-electron chi connectivity index (χ2n) is 3.32. The van der Waals surface area contributed by atoms with Gasteiger partial charge in [0.05, 0.1) is 16.5 Å². The number of furan rings is 1. The predicted molar refractivity (Wildman–Crippen MR) is 62.1 cm³/mol. The first-order valence-electron chi connectivity index (χ1n) is 4.67. The molecule has 84 valence electrons. The SMILES string of the molecule is O=C(O)C(Cc1ccco1)c1ccc(Cl)s1. The van der Waals surface area contributed by atoms with E-state index in [1.165, 1.54) is 17.6 Å². The van der Waals surface area contributed by atoms with E-state index in [4.69, 9.17) is 21.1 Å². The molecule has 0 bridgehead atoms. The van der Waals surface area contributed by atoms with E-state index in [9.17, 15) is 4.79 Å². The van der Waals surface area contributed by atoms with Crippen LogP contribution in [0, 0.1) is 0 Å². The number of carbonyl (C=O) groups is 1. The van der Waals surface area contributed by atoms with E-state index in [0.29, 0.717) is 16.5 Å². The van der Waals surface area contributed by atoms with Crippen molar-refractivity contribution in [1.29, 1.82) is 0 Å². The molecule has 0 aliphatic heterocycles. The third-order valence-corrected chi connectivity index (χ3v) is 3.57. The van der Waals surface area contributed by atoms with Gasteiger partial charge in [0.2, 0.25) is 0 Å². The Bertz CT molecular complexity index is 475. The standard InChI is InChI=1S/C11H9ClO3S/c12-10-4-3-9(16-10)8(11(13)14)6-7-2-1-5-15-7/h1-5,8H,6H2,(H,13,14). The van der Waals surface area contributed by atoms with Crippen molar-refractivity contribution < 1.29 is 14.3 Å². The van der Waals surface area contributed by atoms with E-state index < -0.39 is 11.9 Å². The molecule has 0 aromatic carbocycles. The van der Waals surface area contributed by atoms with Crippen LogP contribution in [0.5, 0.6) is 0 Å². The molecule has 1 atom stereocenters. The van der Waals surface area contributed by atoms with Crippen molar-refractivity contribution in [2.45, 2.75) is 12.3 Å². The van der Waals surface area contributed by atoms with Crippen LogP contribution in [0.3, 0.4) is 0 Å². The number of carboxylic acids is 1. The van der Waals surface area contributed by atoms with Crippen LogP contribution in [-0.4, -0.2) is 11.1 Å². The normalized spacial score (nSPS) is 12.6. The fraction of sp³-hybridized carbons (Fsp3) is 0.182. The zero-order valence-corrected chi connectivity index (χ0v) is 9.79. The smallest absolute Gasteiger partial charge is 0.312 e. The fourth-order valence-corrected chi connectivity index (χ4v) is 2.61. The minimum Gasteiger partial charge on any atom is -0.481 e. The van der Waals surface area contributed by atoms with Gasteiger partial charge in [-0.3, -0.25) is 4.79 Å². The highest BCUT2D eigenvalue weighted by atomic mass is 35.5. The topological polar surface area (TPSA) is 50.4 Å². The number of aliphatic carboxylic acids is 1. The third-order valence-electron chi connectivity index (χ3n) is 2.22. The van der Waals surface area contributed by atoms with E-state index in [-0.39, 0.29) is 0 Å². The van der Waals surface area contributed by atoms with Gasteiger partial charge in [-0.2, -0.15) is 0 Å². The first-order valence-corrected chi connectivity index (χ1v) is 5.86. The highest BCUT2D eigenvalue weighted by molar-refractivity contribution is 7.16. The number of halogens is 1. The molecule has 2 heterocycles. The van der Waals surface area contributed by atoms with Crippen LogP contribution in [-0.2, 0) is 11.2 Å². The molecular weight excluding hydrogens is 248 g/mol. The van der Waals surface area contributed by atoms with Crippen LogP contribution in [0.25, 0.3) is 0 Å². The number of rotatable bonds is 4. The Balaban J connectivity index is 2.21. The van der Waals surface area contributed by atoms with Crippen LogP contribution in [0.1, 0.15) is 16.6 Å². The van der Waals surface area contributed by atoms with Crippen LogP contribution < -0.4 is 0 Å². The summed E-state index contributed by atoms with van der Waals surface area (Å²) in [6, 6.07) is 6.97. The van der Waals surface area contributed by atoms with E-state index in [1.54, 1.807) is 24.3 Å². The van der Waals surface area contributed by atoms with Gasteiger partial charge in [0.1, 0.15) is 5.76 Å². The van der Waals surface area contributed by atoms with Gasteiger partial charge in [-0.1, -0.05) is 11.6 Å². The second kappa shape index (κ2) is 4.72. The molecule has 0 saturated heterocycles. The summed E-state index contributed by atoms with van der Waals surface area (Å²) in [6.45, 7) is 0. The predicted octanol–water partition coefficient (Wildman–Crippen LogP) is 3.41. The Morgan fingerprint density at radius 3 is 2.81 bits per heavy atom. The number of hydrogen-bond acceptors (Lipinski definition) is 3. The Labute approximate surface area is 101 Å². The van der Waals surface area contributed by atoms with Crippen LogP contribution >= 0.6 is 22.9 Å². The zero-order chi connectivity index (χ0) is 11.5. The molecule has 0 aliphatic rings. The van der Waals surface area contributed by atoms with Gasteiger partial charge >= 0.3 is 5.97 Å². The zero-order valence-electron chi connectivity index (χ0n) is 8.22. The lowest BCUT2D eigenvalue weighted by Gasteiger charge is -2.07. The molecule has 1 unspecified atom stereocenters. The summed E-state index contributed by atoms with van der Waals surface area (Å²) in [5.41, 5.74) is 0. The van der Waals surface area contributed by atoms with E-state index in [0.717, 1.165) is 4.88 Å². The molecule has 0 amide bonds. The van der Waals surface area contributed by atoms with Crippen molar-refractivity contribution in [3.8, 4) is 0 Å². The Morgan fingerprint density at radius 1 is 1.50 bits per heavy atom. The Kier molecular flexibility index (Phi) is 3.31. The molecule has 1 N–H and O–H groups in total. The maximum absolute atomic E-state index is 11.2. The summed E-state index contributed by atoms with van der Waals surface area (Å²) >= 11 is 7.08. The van der Waals surface area contributed by atoms with Gasteiger partial charge in [0.15, 0.2) is 0 Å². The van der Waals surface area contributed by atoms with Crippen LogP contribution in [0.15, 0.2) is 34.9 Å². The van der Waals surface area contributed by atoms with E-state index in [1.807, 2.05) is 0 Å². The summed E-state index contributed by atoms with van der Waals surface area (Å²) < 4.78 is 5.75. The minimum atomic E-state index is -0.866. The number of thiophene rings is 1. The van der Waals surface area contributed by atoms with Crippen molar-refractivity contribution >= 4 is 28.9 Å². The van der Waals surface area contributed by atoms with Gasteiger partial charge in [0, 0.05) is 11.3 Å². The lowest BCUT2D eigenvalue weighted by atomic mass is 10.0. The monoisotopic (exact) mass is 256 g/mol. The number of hydrogen-bond donors (Lipinski definition) is 1. The van der Waals surface area contributed by atoms with Gasteiger partial charge in [-0.25, -0.2) is 0 Å². The van der Waals surface area contributed by atoms with E-state index >= 15 is 0 Å². The molecule has 0 aliphatic carbocycles. The van der Waals surface area contributed by atoms with E-state index in [2.05, 4.69) is 0 Å². The maximum atomic E-state index is 11.2. The largest absolute Gasteiger partial charge is 0.481 e. The van der Waals surface area contributed by atoms with Crippen molar-refractivity contribution in [1.82, 2.24) is 0 Å². The maximum Gasteiger partial charge on any atom is 0.312 e. The average molecular weight is 257 g/mol. The number of carboxylic acid groups (broad SMARTS) is 1. The van der Waals surface area contributed by atoms with Crippen molar-refractivity contribution in [3.05, 3.63) is 45.5 Å². The summed E-state index contributed by atoms with van der Waals surface area (Å²) in [5, 5.41) is 9.16. The Morgan fingerprint density at radius 2 is 2.31 bits per heavy atom. The molecule has 0 fully saturated rings. The van der Waals surface area contributed by atoms with Gasteiger partial charge in [-0.15, -0.1) is 11.3 Å². The molecule has 5 heteroatoms. The highest BCUT2D eigenvalue weighted by Crippen LogP contribution is 2.30. The lowest BCUT2D eigenvalue weighted by Crippen LogP contribution is -2.12. The quantitative estimate of drug-likeness (QED) is 0.912. The van der Waals surface area contributed by atoms with Crippen LogP contribution in [0.4, 0.5) is 0 Å². The summed E-state index contributed by atoms with van der Waals surface area (Å²) in [5.74, 6) is -0.796. The lowest BCUT2D eigenvalue weighted by molar-refractivity contribution is -0.138. The minimum absolute atomic E-state index is 0.346. The van der Waals surface area contributed by atoms with Crippen molar-refractivity contribution in [2.75, 3.05) is 0 Å². The molecule has 16 heavy (non-hydrogen) atoms. The third kappa shape index (κ3) is 2.46. The molecule has 2 aromatic rings. The molecule has 3 nitrogen and oxygen atoms in total. The van der Waals surface area contributed by atoms with Gasteiger partial charge in [0.25, 0.3) is 0 Å². The Hall–Kier alpha value is -1.26. The molecule has 2 aromatic heterocycles. The summed E-state index contributed by atoms with van der Waals surface area (Å²) in [6.07, 6.45) is 1.88. The van der Waals surface area contributed by atoms with Crippen molar-refractivity contribution in [2.24, 2.45) is 0 Å². The molecule has 0 radical (unpaired) electrons. The molecule has 0 spiro atoms. The fourth-order valence-electron chi connectivity index (χ4n) is 1.46. The second-order valence-corrected chi connectivity index (χ2v) is 5.06. The molecule has 0 saturated carbocycles. The molecule has 2 rings (SSSR count). The van der Waals surface area contributed by atoms with Crippen LogP contribution in [0.2, 0.25) is 4.34 Å². The van der Waals surface area contributed by atoms with Gasteiger partial charge < -0.3 is 9.52 Å². The van der Waals surface area contributed by atoms with Gasteiger partial charge in [-0.05, 0) is 24.3 Å². The first kappa shape index (κ1) is 11.2. The summed E-state index contributed by atoms with van der Waals surface area (Å²) in [4.78, 5) is 11.9. The van der Waals surface area contributed by atoms with Crippen molar-refractivity contribution in [3.63, 3.8) is 0 Å². The molecular formula is C11H9ClO3S. The average Bonchev–Trinajstić information content (AvgIpc) is 2.84. The highest BCUT2D eigenvalue weighted by Gasteiger charge is 2.23. The summed E-state index contributed by atoms with van der Waals surface area (Å²) in [7, 11) is 0. The first-order chi connectivity index (χ1) is 7.66.